The first-order valence-electron chi connectivity index (χ1n) is 6.27. The number of imidazole rings is 1. The molecule has 18 heavy (non-hydrogen) atoms. The molecule has 0 spiro atoms. The zero-order valence-corrected chi connectivity index (χ0v) is 10.6. The minimum Gasteiger partial charge on any atom is -0.508 e. The molecule has 0 fully saturated rings. The first kappa shape index (κ1) is 12.6. The van der Waals surface area contributed by atoms with Crippen LogP contribution in [0.3, 0.4) is 0 Å². The summed E-state index contributed by atoms with van der Waals surface area (Å²) in [6.45, 7) is 4.85. The van der Waals surface area contributed by atoms with Crippen LogP contribution in [0.15, 0.2) is 36.8 Å². The van der Waals surface area contributed by atoms with E-state index in [0.717, 1.165) is 37.3 Å². The second-order valence-corrected chi connectivity index (χ2v) is 4.31. The van der Waals surface area contributed by atoms with Crippen molar-refractivity contribution in [3.8, 4) is 5.75 Å². The molecule has 0 saturated heterocycles. The van der Waals surface area contributed by atoms with Gasteiger partial charge in [-0.2, -0.15) is 0 Å². The lowest BCUT2D eigenvalue weighted by Crippen LogP contribution is -2.16. The number of phenols is 1. The topological polar surface area (TPSA) is 50.1 Å². The average molecular weight is 245 g/mol. The van der Waals surface area contributed by atoms with Crippen molar-refractivity contribution < 1.29 is 5.11 Å². The maximum atomic E-state index is 9.22. The van der Waals surface area contributed by atoms with Crippen LogP contribution < -0.4 is 5.32 Å². The monoisotopic (exact) mass is 245 g/mol. The molecule has 0 bridgehead atoms. The number of phenolic OH excluding ortho intramolecular Hbond substituents is 1. The first-order valence-corrected chi connectivity index (χ1v) is 6.27. The second kappa shape index (κ2) is 6.21. The van der Waals surface area contributed by atoms with Crippen molar-refractivity contribution in [2.24, 2.45) is 0 Å². The van der Waals surface area contributed by atoms with Crippen molar-refractivity contribution in [1.29, 1.82) is 0 Å². The van der Waals surface area contributed by atoms with Gasteiger partial charge in [-0.15, -0.1) is 0 Å². The molecule has 0 aliphatic carbocycles. The number of aromatic nitrogens is 2. The fourth-order valence-electron chi connectivity index (χ4n) is 1.83. The Morgan fingerprint density at radius 2 is 2.06 bits per heavy atom. The number of benzene rings is 1. The van der Waals surface area contributed by atoms with E-state index in [1.165, 1.54) is 0 Å². The lowest BCUT2D eigenvalue weighted by Gasteiger charge is -2.02. The lowest BCUT2D eigenvalue weighted by atomic mass is 10.2. The van der Waals surface area contributed by atoms with Gasteiger partial charge in [0.1, 0.15) is 5.75 Å². The Bertz CT molecular complexity index is 476. The molecule has 0 amide bonds. The van der Waals surface area contributed by atoms with Crippen LogP contribution in [0.4, 0.5) is 0 Å². The number of nitrogens with one attached hydrogen (secondary N) is 1. The summed E-state index contributed by atoms with van der Waals surface area (Å²) < 4.78 is 2.06. The van der Waals surface area contributed by atoms with Crippen molar-refractivity contribution in [3.05, 3.63) is 48.0 Å². The van der Waals surface area contributed by atoms with Gasteiger partial charge in [0.05, 0.1) is 12.0 Å². The Labute approximate surface area is 107 Å². The molecular weight excluding hydrogens is 226 g/mol. The van der Waals surface area contributed by atoms with Crippen molar-refractivity contribution in [3.63, 3.8) is 0 Å². The summed E-state index contributed by atoms with van der Waals surface area (Å²) in [5.41, 5.74) is 2.26. The molecular formula is C14H19N3O. The molecule has 4 heteroatoms. The average Bonchev–Trinajstić information content (AvgIpc) is 2.80. The SMILES string of the molecule is CCNCCc1cn(Cc2ccc(O)cc2)cn1. The van der Waals surface area contributed by atoms with E-state index in [0.29, 0.717) is 5.75 Å². The summed E-state index contributed by atoms with van der Waals surface area (Å²) in [6.07, 6.45) is 4.88. The van der Waals surface area contributed by atoms with Crippen LogP contribution in [0.5, 0.6) is 5.75 Å². The minimum atomic E-state index is 0.302. The fraction of sp³-hybridized carbons (Fsp3) is 0.357. The number of rotatable bonds is 6. The summed E-state index contributed by atoms with van der Waals surface area (Å²) in [4.78, 5) is 4.38. The molecule has 0 unspecified atom stereocenters. The highest BCUT2D eigenvalue weighted by atomic mass is 16.3. The summed E-state index contributed by atoms with van der Waals surface area (Å²) in [5.74, 6) is 0.302. The zero-order valence-electron chi connectivity index (χ0n) is 10.6. The van der Waals surface area contributed by atoms with Gasteiger partial charge in [0.25, 0.3) is 0 Å². The van der Waals surface area contributed by atoms with E-state index >= 15 is 0 Å². The van der Waals surface area contributed by atoms with Gasteiger partial charge >= 0.3 is 0 Å². The Morgan fingerprint density at radius 1 is 1.28 bits per heavy atom. The normalized spacial score (nSPS) is 10.7. The van der Waals surface area contributed by atoms with Crippen molar-refractivity contribution in [2.75, 3.05) is 13.1 Å². The summed E-state index contributed by atoms with van der Waals surface area (Å²) >= 11 is 0. The predicted molar refractivity (Wildman–Crippen MR) is 71.7 cm³/mol. The minimum absolute atomic E-state index is 0.302. The third-order valence-electron chi connectivity index (χ3n) is 2.80. The molecule has 0 saturated carbocycles. The largest absolute Gasteiger partial charge is 0.508 e. The Balaban J connectivity index is 1.91. The summed E-state index contributed by atoms with van der Waals surface area (Å²) in [6, 6.07) is 7.26. The Kier molecular flexibility index (Phi) is 4.36. The van der Waals surface area contributed by atoms with Crippen LogP contribution >= 0.6 is 0 Å². The highest BCUT2D eigenvalue weighted by molar-refractivity contribution is 5.26. The quantitative estimate of drug-likeness (QED) is 0.763. The molecule has 96 valence electrons. The highest BCUT2D eigenvalue weighted by Gasteiger charge is 2.00. The van der Waals surface area contributed by atoms with E-state index in [1.807, 2.05) is 18.5 Å². The van der Waals surface area contributed by atoms with Crippen LogP contribution in [0, 0.1) is 0 Å². The van der Waals surface area contributed by atoms with Crippen LogP contribution in [-0.4, -0.2) is 27.7 Å². The van der Waals surface area contributed by atoms with Gasteiger partial charge in [-0.25, -0.2) is 4.98 Å². The molecule has 0 aliphatic heterocycles. The summed E-state index contributed by atoms with van der Waals surface area (Å²) in [7, 11) is 0. The van der Waals surface area contributed by atoms with E-state index in [9.17, 15) is 5.11 Å². The number of likely N-dealkylation sites (N-methyl/N-ethyl adjacent to an activating group) is 1. The van der Waals surface area contributed by atoms with E-state index in [2.05, 4.69) is 28.0 Å². The van der Waals surface area contributed by atoms with Gasteiger partial charge in [-0.1, -0.05) is 19.1 Å². The molecule has 0 aliphatic rings. The van der Waals surface area contributed by atoms with Crippen molar-refractivity contribution in [1.82, 2.24) is 14.9 Å². The molecule has 1 heterocycles. The van der Waals surface area contributed by atoms with Crippen LogP contribution in [0.1, 0.15) is 18.2 Å². The van der Waals surface area contributed by atoms with E-state index in [1.54, 1.807) is 12.1 Å². The van der Waals surface area contributed by atoms with Crippen LogP contribution in [0.2, 0.25) is 0 Å². The number of aromatic hydroxyl groups is 1. The molecule has 0 atom stereocenters. The molecule has 1 aromatic carbocycles. The maximum Gasteiger partial charge on any atom is 0.115 e. The van der Waals surface area contributed by atoms with Gasteiger partial charge in [-0.05, 0) is 24.2 Å². The summed E-state index contributed by atoms with van der Waals surface area (Å²) in [5, 5.41) is 12.5. The number of hydrogen-bond acceptors (Lipinski definition) is 3. The third-order valence-corrected chi connectivity index (χ3v) is 2.80. The highest BCUT2D eigenvalue weighted by Crippen LogP contribution is 2.11. The van der Waals surface area contributed by atoms with Crippen molar-refractivity contribution in [2.45, 2.75) is 19.9 Å². The fourth-order valence-corrected chi connectivity index (χ4v) is 1.83. The zero-order chi connectivity index (χ0) is 12.8. The van der Waals surface area contributed by atoms with E-state index in [4.69, 9.17) is 0 Å². The third kappa shape index (κ3) is 3.60. The van der Waals surface area contributed by atoms with Gasteiger partial charge in [0.2, 0.25) is 0 Å². The second-order valence-electron chi connectivity index (χ2n) is 4.31. The lowest BCUT2D eigenvalue weighted by molar-refractivity contribution is 0.475. The van der Waals surface area contributed by atoms with Gasteiger partial charge < -0.3 is 15.0 Å². The molecule has 2 aromatic rings. The number of hydrogen-bond donors (Lipinski definition) is 2. The smallest absolute Gasteiger partial charge is 0.115 e. The van der Waals surface area contributed by atoms with Crippen LogP contribution in [-0.2, 0) is 13.0 Å². The standard InChI is InChI=1S/C14H19N3O/c1-2-15-8-7-13-10-17(11-16-13)9-12-3-5-14(18)6-4-12/h3-6,10-11,15,18H,2,7-9H2,1H3. The molecule has 2 N–H and O–H groups in total. The molecule has 0 radical (unpaired) electrons. The number of nitrogens with zero attached hydrogens (tertiary/aromatic N) is 2. The van der Waals surface area contributed by atoms with Crippen molar-refractivity contribution >= 4 is 0 Å². The Morgan fingerprint density at radius 3 is 2.78 bits per heavy atom. The predicted octanol–water partition coefficient (Wildman–Crippen LogP) is 1.79. The molecule has 4 nitrogen and oxygen atoms in total. The first-order chi connectivity index (χ1) is 8.78. The van der Waals surface area contributed by atoms with E-state index < -0.39 is 0 Å². The van der Waals surface area contributed by atoms with Crippen LogP contribution in [0.25, 0.3) is 0 Å². The van der Waals surface area contributed by atoms with Gasteiger partial charge in [-0.3, -0.25) is 0 Å². The van der Waals surface area contributed by atoms with Gasteiger partial charge in [0.15, 0.2) is 0 Å². The molecule has 2 rings (SSSR count). The maximum absolute atomic E-state index is 9.22. The van der Waals surface area contributed by atoms with E-state index in [-0.39, 0.29) is 0 Å². The Hall–Kier alpha value is -1.81. The molecule has 1 aromatic heterocycles. The van der Waals surface area contributed by atoms with Gasteiger partial charge in [0, 0.05) is 25.7 Å².